The van der Waals surface area contributed by atoms with Gasteiger partial charge in [-0.3, -0.25) is 0 Å². The minimum atomic E-state index is -0.468. The van der Waals surface area contributed by atoms with Crippen molar-refractivity contribution in [2.75, 3.05) is 13.7 Å². The van der Waals surface area contributed by atoms with Crippen LogP contribution in [-0.2, 0) is 10.3 Å². The molecule has 0 bridgehead atoms. The Labute approximate surface area is 97.5 Å². The second-order valence-corrected chi connectivity index (χ2v) is 4.53. The number of hydrogen-bond donors (Lipinski definition) is 1. The van der Waals surface area contributed by atoms with Crippen LogP contribution < -0.4 is 5.73 Å². The van der Waals surface area contributed by atoms with Gasteiger partial charge in [0.1, 0.15) is 5.60 Å². The van der Waals surface area contributed by atoms with E-state index < -0.39 is 5.60 Å². The molecule has 2 N–H and O–H groups in total. The van der Waals surface area contributed by atoms with Gasteiger partial charge in [-0.1, -0.05) is 17.7 Å². The van der Waals surface area contributed by atoms with Gasteiger partial charge in [0, 0.05) is 18.1 Å². The van der Waals surface area contributed by atoms with Crippen molar-refractivity contribution in [1.29, 1.82) is 0 Å². The summed E-state index contributed by atoms with van der Waals surface area (Å²) in [6, 6.07) is 5.71. The summed E-state index contributed by atoms with van der Waals surface area (Å²) < 4.78 is 6.24. The molecule has 1 aromatic carbocycles. The summed E-state index contributed by atoms with van der Waals surface area (Å²) in [6.07, 6.45) is 0. The largest absolute Gasteiger partial charge is 0.372 e. The first-order chi connectivity index (χ1) is 6.53. The van der Waals surface area contributed by atoms with Gasteiger partial charge in [-0.25, -0.2) is 0 Å². The first-order valence-corrected chi connectivity index (χ1v) is 5.41. The van der Waals surface area contributed by atoms with Gasteiger partial charge in [-0.2, -0.15) is 0 Å². The highest BCUT2D eigenvalue weighted by molar-refractivity contribution is 9.10. The Bertz CT molecular complexity index is 326. The van der Waals surface area contributed by atoms with Crippen LogP contribution in [0.25, 0.3) is 0 Å². The van der Waals surface area contributed by atoms with E-state index in [0.29, 0.717) is 11.6 Å². The van der Waals surface area contributed by atoms with Crippen molar-refractivity contribution in [1.82, 2.24) is 0 Å². The molecule has 1 unspecified atom stereocenters. The van der Waals surface area contributed by atoms with E-state index in [-0.39, 0.29) is 0 Å². The Morgan fingerprint density at radius 2 is 2.21 bits per heavy atom. The zero-order valence-corrected chi connectivity index (χ0v) is 10.5. The summed E-state index contributed by atoms with van der Waals surface area (Å²) in [7, 11) is 1.64. The van der Waals surface area contributed by atoms with Crippen LogP contribution in [-0.4, -0.2) is 13.7 Å². The zero-order valence-electron chi connectivity index (χ0n) is 8.18. The molecule has 0 amide bonds. The Kier molecular flexibility index (Phi) is 3.95. The van der Waals surface area contributed by atoms with Gasteiger partial charge in [-0.15, -0.1) is 0 Å². The van der Waals surface area contributed by atoms with Crippen LogP contribution in [0, 0.1) is 0 Å². The highest BCUT2D eigenvalue weighted by Crippen LogP contribution is 2.30. The highest BCUT2D eigenvalue weighted by atomic mass is 79.9. The van der Waals surface area contributed by atoms with Crippen LogP contribution in [0.1, 0.15) is 12.5 Å². The van der Waals surface area contributed by atoms with Crippen LogP contribution in [0.4, 0.5) is 0 Å². The lowest BCUT2D eigenvalue weighted by Crippen LogP contribution is -2.33. The molecule has 2 nitrogen and oxygen atoms in total. The monoisotopic (exact) mass is 277 g/mol. The van der Waals surface area contributed by atoms with Crippen molar-refractivity contribution < 1.29 is 4.74 Å². The van der Waals surface area contributed by atoms with Crippen molar-refractivity contribution in [2.24, 2.45) is 5.73 Å². The highest BCUT2D eigenvalue weighted by Gasteiger charge is 2.24. The summed E-state index contributed by atoms with van der Waals surface area (Å²) in [5, 5.41) is 0.666. The molecule has 0 saturated heterocycles. The third-order valence-electron chi connectivity index (χ3n) is 2.37. The molecular weight excluding hydrogens is 265 g/mol. The molecule has 0 aliphatic heterocycles. The van der Waals surface area contributed by atoms with Gasteiger partial charge in [0.25, 0.3) is 0 Å². The molecule has 1 rings (SSSR count). The first kappa shape index (κ1) is 12.0. The molecule has 1 atom stereocenters. The van der Waals surface area contributed by atoms with E-state index >= 15 is 0 Å². The fourth-order valence-electron chi connectivity index (χ4n) is 1.14. The second kappa shape index (κ2) is 4.62. The molecule has 0 aromatic heterocycles. The molecule has 1 aromatic rings. The molecule has 0 aliphatic rings. The summed E-state index contributed by atoms with van der Waals surface area (Å²) in [6.45, 7) is 2.36. The quantitative estimate of drug-likeness (QED) is 0.923. The summed E-state index contributed by atoms with van der Waals surface area (Å²) in [5.41, 5.74) is 6.17. The lowest BCUT2D eigenvalue weighted by atomic mass is 9.96. The average Bonchev–Trinajstić information content (AvgIpc) is 2.21. The van der Waals surface area contributed by atoms with Gasteiger partial charge in [-0.05, 0) is 40.5 Å². The molecule has 4 heteroatoms. The summed E-state index contributed by atoms with van der Waals surface area (Å²) >= 11 is 9.33. The summed E-state index contributed by atoms with van der Waals surface area (Å²) in [4.78, 5) is 0. The van der Waals surface area contributed by atoms with Crippen LogP contribution in [0.5, 0.6) is 0 Å². The van der Waals surface area contributed by atoms with Gasteiger partial charge in [0.05, 0.1) is 5.02 Å². The van der Waals surface area contributed by atoms with Crippen molar-refractivity contribution >= 4 is 27.5 Å². The predicted octanol–water partition coefficient (Wildman–Crippen LogP) is 2.92. The predicted molar refractivity (Wildman–Crippen MR) is 62.6 cm³/mol. The van der Waals surface area contributed by atoms with Crippen molar-refractivity contribution in [3.05, 3.63) is 33.3 Å². The Morgan fingerprint density at radius 3 is 2.64 bits per heavy atom. The number of methoxy groups -OCH3 is 1. The maximum atomic E-state index is 5.99. The number of halogens is 2. The second-order valence-electron chi connectivity index (χ2n) is 3.27. The number of rotatable bonds is 3. The van der Waals surface area contributed by atoms with E-state index in [4.69, 9.17) is 22.1 Å². The molecular formula is C10H13BrClNO. The topological polar surface area (TPSA) is 35.2 Å². The van der Waals surface area contributed by atoms with E-state index in [1.807, 2.05) is 25.1 Å². The minimum absolute atomic E-state index is 0.418. The van der Waals surface area contributed by atoms with Crippen LogP contribution in [0.15, 0.2) is 22.7 Å². The average molecular weight is 279 g/mol. The fraction of sp³-hybridized carbons (Fsp3) is 0.400. The number of hydrogen-bond acceptors (Lipinski definition) is 2. The van der Waals surface area contributed by atoms with Gasteiger partial charge in [0.15, 0.2) is 0 Å². The number of benzene rings is 1. The lowest BCUT2D eigenvalue weighted by Gasteiger charge is -2.27. The first-order valence-electron chi connectivity index (χ1n) is 4.24. The van der Waals surface area contributed by atoms with Crippen molar-refractivity contribution in [3.63, 3.8) is 0 Å². The maximum absolute atomic E-state index is 5.99. The molecule has 0 spiro atoms. The van der Waals surface area contributed by atoms with E-state index in [2.05, 4.69) is 15.9 Å². The van der Waals surface area contributed by atoms with Gasteiger partial charge >= 0.3 is 0 Å². The normalized spacial score (nSPS) is 15.2. The fourth-order valence-corrected chi connectivity index (χ4v) is 1.57. The molecule has 78 valence electrons. The number of nitrogens with two attached hydrogens (primary N) is 1. The van der Waals surface area contributed by atoms with E-state index in [9.17, 15) is 0 Å². The molecule has 0 heterocycles. The summed E-state index contributed by atoms with van der Waals surface area (Å²) in [5.74, 6) is 0. The molecule has 14 heavy (non-hydrogen) atoms. The molecule has 0 radical (unpaired) electrons. The number of ether oxygens (including phenoxy) is 1. The van der Waals surface area contributed by atoms with Crippen molar-refractivity contribution in [2.45, 2.75) is 12.5 Å². The minimum Gasteiger partial charge on any atom is -0.372 e. The standard InChI is InChI=1S/C10H13BrClNO/c1-10(6-13,14-2)7-3-4-8(11)9(12)5-7/h3-5H,6,13H2,1-2H3. The van der Waals surface area contributed by atoms with E-state index in [1.54, 1.807) is 7.11 Å². The maximum Gasteiger partial charge on any atom is 0.102 e. The van der Waals surface area contributed by atoms with Crippen LogP contribution in [0.2, 0.25) is 5.02 Å². The SMILES string of the molecule is COC(C)(CN)c1ccc(Br)c(Cl)c1. The van der Waals surface area contributed by atoms with Gasteiger partial charge in [0.2, 0.25) is 0 Å². The van der Waals surface area contributed by atoms with E-state index in [0.717, 1.165) is 10.0 Å². The molecule has 0 fully saturated rings. The third kappa shape index (κ3) is 2.28. The third-order valence-corrected chi connectivity index (χ3v) is 3.60. The van der Waals surface area contributed by atoms with E-state index in [1.165, 1.54) is 0 Å². The van der Waals surface area contributed by atoms with Crippen molar-refractivity contribution in [3.8, 4) is 0 Å². The Hall–Kier alpha value is -0.0900. The van der Waals surface area contributed by atoms with Gasteiger partial charge < -0.3 is 10.5 Å². The Balaban J connectivity index is 3.12. The van der Waals surface area contributed by atoms with Crippen LogP contribution >= 0.6 is 27.5 Å². The Morgan fingerprint density at radius 1 is 1.57 bits per heavy atom. The lowest BCUT2D eigenvalue weighted by molar-refractivity contribution is 0.0101. The molecule has 0 aliphatic carbocycles. The smallest absolute Gasteiger partial charge is 0.102 e. The van der Waals surface area contributed by atoms with Crippen LogP contribution in [0.3, 0.4) is 0 Å². The zero-order chi connectivity index (χ0) is 10.8. The molecule has 0 saturated carbocycles.